The first-order chi connectivity index (χ1) is 12.4. The fourth-order valence-electron chi connectivity index (χ4n) is 3.36. The summed E-state index contributed by atoms with van der Waals surface area (Å²) in [5.74, 6) is 1.57. The van der Waals surface area contributed by atoms with Gasteiger partial charge in [-0.3, -0.25) is 9.79 Å². The van der Waals surface area contributed by atoms with Gasteiger partial charge < -0.3 is 15.5 Å². The quantitative estimate of drug-likeness (QED) is 0.565. The molecule has 0 saturated carbocycles. The SMILES string of the molecule is CN=C(NCC(C)(C)c1cccc(Br)c1)N1CCC(CC(=O)NC)CC1. The number of guanidine groups is 1. The van der Waals surface area contributed by atoms with E-state index in [9.17, 15) is 4.79 Å². The minimum Gasteiger partial charge on any atom is -0.359 e. The van der Waals surface area contributed by atoms with Crippen molar-refractivity contribution in [3.63, 3.8) is 0 Å². The van der Waals surface area contributed by atoms with Gasteiger partial charge >= 0.3 is 0 Å². The lowest BCUT2D eigenvalue weighted by Gasteiger charge is -2.35. The molecule has 0 aliphatic carbocycles. The third-order valence-corrected chi connectivity index (χ3v) is 5.67. The Kier molecular flexibility index (Phi) is 7.50. The molecule has 0 atom stereocenters. The Labute approximate surface area is 165 Å². The minimum absolute atomic E-state index is 0.00272. The van der Waals surface area contributed by atoms with Crippen LogP contribution < -0.4 is 10.6 Å². The van der Waals surface area contributed by atoms with Crippen molar-refractivity contribution in [2.45, 2.75) is 38.5 Å². The summed E-state index contributed by atoms with van der Waals surface area (Å²) in [6, 6.07) is 8.47. The average molecular weight is 423 g/mol. The Morgan fingerprint density at radius 3 is 2.62 bits per heavy atom. The van der Waals surface area contributed by atoms with Gasteiger partial charge in [-0.25, -0.2) is 0 Å². The molecule has 1 aliphatic rings. The van der Waals surface area contributed by atoms with Gasteiger partial charge in [0.2, 0.25) is 5.91 Å². The zero-order valence-corrected chi connectivity index (χ0v) is 17.9. The summed E-state index contributed by atoms with van der Waals surface area (Å²) in [6.45, 7) is 7.18. The summed E-state index contributed by atoms with van der Waals surface area (Å²) in [7, 11) is 3.54. The first kappa shape index (κ1) is 20.7. The Morgan fingerprint density at radius 1 is 1.35 bits per heavy atom. The molecule has 0 spiro atoms. The predicted molar refractivity (Wildman–Crippen MR) is 112 cm³/mol. The first-order valence-corrected chi connectivity index (χ1v) is 10.1. The molecule has 1 aromatic carbocycles. The average Bonchev–Trinajstić information content (AvgIpc) is 2.63. The van der Waals surface area contributed by atoms with E-state index >= 15 is 0 Å². The lowest BCUT2D eigenvalue weighted by Crippen LogP contribution is -2.48. The summed E-state index contributed by atoms with van der Waals surface area (Å²) >= 11 is 3.56. The third-order valence-electron chi connectivity index (χ3n) is 5.17. The fraction of sp³-hybridized carbons (Fsp3) is 0.600. The highest BCUT2D eigenvalue weighted by Gasteiger charge is 2.25. The topological polar surface area (TPSA) is 56.7 Å². The lowest BCUT2D eigenvalue weighted by atomic mass is 9.84. The molecule has 5 nitrogen and oxygen atoms in total. The largest absolute Gasteiger partial charge is 0.359 e. The molecule has 1 heterocycles. The molecular formula is C20H31BrN4O. The van der Waals surface area contributed by atoms with Gasteiger partial charge in [0.1, 0.15) is 0 Å². The van der Waals surface area contributed by atoms with Crippen molar-refractivity contribution in [1.29, 1.82) is 0 Å². The van der Waals surface area contributed by atoms with Crippen LogP contribution in [0.5, 0.6) is 0 Å². The third kappa shape index (κ3) is 5.73. The van der Waals surface area contributed by atoms with Crippen LogP contribution in [0.4, 0.5) is 0 Å². The van der Waals surface area contributed by atoms with Crippen LogP contribution in [0.25, 0.3) is 0 Å². The van der Waals surface area contributed by atoms with Crippen LogP contribution in [0.3, 0.4) is 0 Å². The maximum absolute atomic E-state index is 11.6. The number of rotatable bonds is 5. The highest BCUT2D eigenvalue weighted by molar-refractivity contribution is 9.10. The van der Waals surface area contributed by atoms with Gasteiger partial charge in [0, 0.05) is 50.0 Å². The van der Waals surface area contributed by atoms with E-state index in [1.165, 1.54) is 5.56 Å². The van der Waals surface area contributed by atoms with E-state index in [0.717, 1.165) is 42.9 Å². The monoisotopic (exact) mass is 422 g/mol. The molecule has 1 fully saturated rings. The second-order valence-electron chi connectivity index (χ2n) is 7.60. The first-order valence-electron chi connectivity index (χ1n) is 9.28. The number of aliphatic imine (C=N–C) groups is 1. The Morgan fingerprint density at radius 2 is 2.04 bits per heavy atom. The number of halogens is 1. The predicted octanol–water partition coefficient (Wildman–Crippen LogP) is 3.15. The fourth-order valence-corrected chi connectivity index (χ4v) is 3.76. The van der Waals surface area contributed by atoms with E-state index in [1.807, 2.05) is 7.05 Å². The number of amides is 1. The van der Waals surface area contributed by atoms with Crippen molar-refractivity contribution in [2.75, 3.05) is 33.7 Å². The minimum atomic E-state index is -0.00272. The Balaban J connectivity index is 1.89. The number of piperidine rings is 1. The van der Waals surface area contributed by atoms with Crippen molar-refractivity contribution in [1.82, 2.24) is 15.5 Å². The van der Waals surface area contributed by atoms with Gasteiger partial charge in [-0.15, -0.1) is 0 Å². The van der Waals surface area contributed by atoms with Crippen LogP contribution >= 0.6 is 15.9 Å². The Bertz CT molecular complexity index is 636. The van der Waals surface area contributed by atoms with Gasteiger partial charge in [0.25, 0.3) is 0 Å². The van der Waals surface area contributed by atoms with Crippen LogP contribution in [0.2, 0.25) is 0 Å². The molecule has 1 aliphatic heterocycles. The smallest absolute Gasteiger partial charge is 0.220 e. The molecule has 0 bridgehead atoms. The summed E-state index contributed by atoms with van der Waals surface area (Å²) in [6.07, 6.45) is 2.69. The van der Waals surface area contributed by atoms with Crippen molar-refractivity contribution in [2.24, 2.45) is 10.9 Å². The molecule has 1 aromatic rings. The van der Waals surface area contributed by atoms with Crippen molar-refractivity contribution >= 4 is 27.8 Å². The lowest BCUT2D eigenvalue weighted by molar-refractivity contribution is -0.121. The maximum atomic E-state index is 11.6. The summed E-state index contributed by atoms with van der Waals surface area (Å²) in [5, 5.41) is 6.27. The molecule has 26 heavy (non-hydrogen) atoms. The van der Waals surface area contributed by atoms with E-state index in [2.05, 4.69) is 74.6 Å². The van der Waals surface area contributed by atoms with Gasteiger partial charge in [-0.2, -0.15) is 0 Å². The second kappa shape index (κ2) is 9.40. The molecule has 0 radical (unpaired) electrons. The number of carbonyl (C=O) groups is 1. The van der Waals surface area contributed by atoms with Crippen molar-refractivity contribution < 1.29 is 4.79 Å². The second-order valence-corrected chi connectivity index (χ2v) is 8.52. The van der Waals surface area contributed by atoms with Crippen molar-refractivity contribution in [3.05, 3.63) is 34.3 Å². The van der Waals surface area contributed by atoms with Gasteiger partial charge in [-0.05, 0) is 36.5 Å². The standard InChI is InChI=1S/C20H31BrN4O/c1-20(2,16-6-5-7-17(21)13-16)14-24-19(23-4)25-10-8-15(9-11-25)12-18(26)22-3/h5-7,13,15H,8-12,14H2,1-4H3,(H,22,26)(H,23,24). The van der Waals surface area contributed by atoms with E-state index in [0.29, 0.717) is 12.3 Å². The highest BCUT2D eigenvalue weighted by Crippen LogP contribution is 2.25. The van der Waals surface area contributed by atoms with Crippen LogP contribution in [0.15, 0.2) is 33.7 Å². The number of nitrogens with one attached hydrogen (secondary N) is 2. The summed E-state index contributed by atoms with van der Waals surface area (Å²) in [4.78, 5) is 18.3. The molecule has 1 saturated heterocycles. The van der Waals surface area contributed by atoms with Crippen LogP contribution in [-0.4, -0.2) is 50.5 Å². The van der Waals surface area contributed by atoms with Crippen molar-refractivity contribution in [3.8, 4) is 0 Å². The van der Waals surface area contributed by atoms with Crippen LogP contribution in [0, 0.1) is 5.92 Å². The number of likely N-dealkylation sites (tertiary alicyclic amines) is 1. The molecule has 1 amide bonds. The molecule has 0 aromatic heterocycles. The zero-order chi connectivity index (χ0) is 19.2. The van der Waals surface area contributed by atoms with E-state index in [1.54, 1.807) is 7.05 Å². The number of hydrogen-bond acceptors (Lipinski definition) is 2. The van der Waals surface area contributed by atoms with E-state index in [4.69, 9.17) is 0 Å². The Hall–Kier alpha value is -1.56. The van der Waals surface area contributed by atoms with E-state index < -0.39 is 0 Å². The van der Waals surface area contributed by atoms with Crippen LogP contribution in [0.1, 0.15) is 38.7 Å². The molecule has 6 heteroatoms. The van der Waals surface area contributed by atoms with E-state index in [-0.39, 0.29) is 11.3 Å². The molecule has 144 valence electrons. The zero-order valence-electron chi connectivity index (χ0n) is 16.3. The molecule has 2 rings (SSSR count). The van der Waals surface area contributed by atoms with Gasteiger partial charge in [0.05, 0.1) is 0 Å². The summed E-state index contributed by atoms with van der Waals surface area (Å²) < 4.78 is 1.10. The highest BCUT2D eigenvalue weighted by atomic mass is 79.9. The normalized spacial score (nSPS) is 16.5. The summed E-state index contributed by atoms with van der Waals surface area (Å²) in [5.41, 5.74) is 1.29. The molecular weight excluding hydrogens is 392 g/mol. The molecule has 0 unspecified atom stereocenters. The van der Waals surface area contributed by atoms with Crippen LogP contribution in [-0.2, 0) is 10.2 Å². The number of carbonyl (C=O) groups excluding carboxylic acids is 1. The molecule has 2 N–H and O–H groups in total. The van der Waals surface area contributed by atoms with Gasteiger partial charge in [0.15, 0.2) is 5.96 Å². The maximum Gasteiger partial charge on any atom is 0.220 e. The number of benzene rings is 1. The number of hydrogen-bond donors (Lipinski definition) is 2. The van der Waals surface area contributed by atoms with Gasteiger partial charge in [-0.1, -0.05) is 41.9 Å². The number of nitrogens with zero attached hydrogens (tertiary/aromatic N) is 2.